The number of aromatic carboxylic acids is 1. The summed E-state index contributed by atoms with van der Waals surface area (Å²) in [5.74, 6) is -0.734. The lowest BCUT2D eigenvalue weighted by Crippen LogP contribution is -2.03. The second-order valence-corrected chi connectivity index (χ2v) is 5.43. The first-order valence-electron chi connectivity index (χ1n) is 6.97. The number of nitrogens with zero attached hydrogens (tertiary/aromatic N) is 2. The van der Waals surface area contributed by atoms with Crippen LogP contribution in [0, 0.1) is 6.92 Å². The van der Waals surface area contributed by atoms with Crippen molar-refractivity contribution in [3.8, 4) is 5.69 Å². The average Bonchev–Trinajstić information content (AvgIpc) is 2.87. The van der Waals surface area contributed by atoms with E-state index in [9.17, 15) is 9.90 Å². The molecule has 23 heavy (non-hydrogen) atoms. The third kappa shape index (κ3) is 3.05. The van der Waals surface area contributed by atoms with Gasteiger partial charge in [0.25, 0.3) is 0 Å². The van der Waals surface area contributed by atoms with E-state index in [4.69, 9.17) is 11.6 Å². The largest absolute Gasteiger partial charge is 0.477 e. The molecule has 1 heterocycles. The third-order valence-electron chi connectivity index (χ3n) is 3.44. The number of aromatic nitrogens is 2. The van der Waals surface area contributed by atoms with E-state index >= 15 is 0 Å². The molecule has 0 radical (unpaired) electrons. The van der Waals surface area contributed by atoms with Gasteiger partial charge in [-0.3, -0.25) is 0 Å². The lowest BCUT2D eigenvalue weighted by atomic mass is 10.2. The molecule has 0 fully saturated rings. The lowest BCUT2D eigenvalue weighted by Gasteiger charge is -2.04. The van der Waals surface area contributed by atoms with Crippen molar-refractivity contribution in [1.29, 1.82) is 0 Å². The number of benzene rings is 2. The molecule has 0 unspecified atom stereocenters. The van der Waals surface area contributed by atoms with Crippen molar-refractivity contribution < 1.29 is 9.90 Å². The summed E-state index contributed by atoms with van der Waals surface area (Å²) in [7, 11) is 0. The van der Waals surface area contributed by atoms with Gasteiger partial charge in [-0.2, -0.15) is 0 Å². The van der Waals surface area contributed by atoms with Gasteiger partial charge in [0.15, 0.2) is 5.82 Å². The Morgan fingerprint density at radius 1 is 1.13 bits per heavy atom. The molecule has 6 heteroatoms. The quantitative estimate of drug-likeness (QED) is 0.750. The van der Waals surface area contributed by atoms with E-state index in [2.05, 4.69) is 10.4 Å². The molecule has 0 aliphatic carbocycles. The minimum Gasteiger partial charge on any atom is -0.477 e. The van der Waals surface area contributed by atoms with Gasteiger partial charge >= 0.3 is 5.97 Å². The van der Waals surface area contributed by atoms with E-state index in [0.717, 1.165) is 11.4 Å². The first kappa shape index (κ1) is 15.1. The molecule has 0 aliphatic rings. The fourth-order valence-electron chi connectivity index (χ4n) is 2.34. The number of hydrogen-bond donors (Lipinski definition) is 2. The van der Waals surface area contributed by atoms with Crippen molar-refractivity contribution in [1.82, 2.24) is 9.78 Å². The maximum absolute atomic E-state index is 11.6. The van der Waals surface area contributed by atoms with Gasteiger partial charge in [0.2, 0.25) is 0 Å². The molecule has 5 nitrogen and oxygen atoms in total. The predicted molar refractivity (Wildman–Crippen MR) is 90.0 cm³/mol. The van der Waals surface area contributed by atoms with Crippen LogP contribution in [0.2, 0.25) is 5.02 Å². The highest BCUT2D eigenvalue weighted by Crippen LogP contribution is 2.26. The molecular weight excluding hydrogens is 314 g/mol. The lowest BCUT2D eigenvalue weighted by molar-refractivity contribution is 0.0697. The molecule has 3 rings (SSSR count). The van der Waals surface area contributed by atoms with Crippen molar-refractivity contribution >= 4 is 29.1 Å². The molecule has 2 N–H and O–H groups in total. The minimum absolute atomic E-state index is 0.142. The maximum Gasteiger partial charge on any atom is 0.341 e. The summed E-state index contributed by atoms with van der Waals surface area (Å²) in [6.07, 6.45) is 0. The molecule has 2 aromatic carbocycles. The highest BCUT2D eigenvalue weighted by atomic mass is 35.5. The topological polar surface area (TPSA) is 67.2 Å². The number of hydrogen-bond acceptors (Lipinski definition) is 3. The molecule has 0 saturated heterocycles. The van der Waals surface area contributed by atoms with E-state index in [1.54, 1.807) is 35.9 Å². The summed E-state index contributed by atoms with van der Waals surface area (Å²) >= 11 is 5.86. The molecule has 0 amide bonds. The van der Waals surface area contributed by atoms with Gasteiger partial charge in [-0.1, -0.05) is 29.8 Å². The Kier molecular flexibility index (Phi) is 4.04. The fraction of sp³-hybridized carbons (Fsp3) is 0.0588. The molecule has 0 bridgehead atoms. The number of carboxylic acids is 1. The Morgan fingerprint density at radius 2 is 1.78 bits per heavy atom. The molecule has 0 aliphatic heterocycles. The van der Waals surface area contributed by atoms with Crippen LogP contribution in [0.5, 0.6) is 0 Å². The van der Waals surface area contributed by atoms with Crippen molar-refractivity contribution in [3.05, 3.63) is 70.9 Å². The Labute approximate surface area is 138 Å². The molecule has 3 aromatic rings. The van der Waals surface area contributed by atoms with Gasteiger partial charge in [0.1, 0.15) is 5.56 Å². The van der Waals surface area contributed by atoms with Gasteiger partial charge in [0, 0.05) is 10.7 Å². The summed E-state index contributed by atoms with van der Waals surface area (Å²) in [5.41, 5.74) is 2.22. The molecular formula is C17H14ClN3O2. The van der Waals surface area contributed by atoms with Crippen LogP contribution < -0.4 is 5.32 Å². The zero-order chi connectivity index (χ0) is 16.4. The van der Waals surface area contributed by atoms with Crippen molar-refractivity contribution in [2.45, 2.75) is 6.92 Å². The van der Waals surface area contributed by atoms with Crippen LogP contribution in [0.1, 0.15) is 16.1 Å². The summed E-state index contributed by atoms with van der Waals surface area (Å²) < 4.78 is 1.61. The first-order valence-corrected chi connectivity index (χ1v) is 7.35. The van der Waals surface area contributed by atoms with E-state index in [0.29, 0.717) is 16.5 Å². The minimum atomic E-state index is -1.03. The monoisotopic (exact) mass is 327 g/mol. The Bertz CT molecular complexity index is 842. The molecule has 1 aromatic heterocycles. The smallest absolute Gasteiger partial charge is 0.341 e. The average molecular weight is 328 g/mol. The maximum atomic E-state index is 11.6. The van der Waals surface area contributed by atoms with Crippen molar-refractivity contribution in [2.75, 3.05) is 5.32 Å². The van der Waals surface area contributed by atoms with Crippen LogP contribution >= 0.6 is 11.6 Å². The summed E-state index contributed by atoms with van der Waals surface area (Å²) in [5, 5.41) is 17.6. The van der Waals surface area contributed by atoms with Crippen LogP contribution in [0.25, 0.3) is 5.69 Å². The number of para-hydroxylation sites is 1. The number of carboxylic acid groups (broad SMARTS) is 1. The molecule has 0 spiro atoms. The standard InChI is InChI=1S/C17H14ClN3O2/c1-11-15(17(22)23)16(19-13-9-7-12(18)8-10-13)20-21(11)14-5-3-2-4-6-14/h2-10H,1H3,(H,19,20)(H,22,23). The van der Waals surface area contributed by atoms with E-state index in [1.165, 1.54) is 0 Å². The number of anilines is 2. The van der Waals surface area contributed by atoms with Crippen LogP contribution in [-0.4, -0.2) is 20.9 Å². The second-order valence-electron chi connectivity index (χ2n) is 4.99. The van der Waals surface area contributed by atoms with Crippen molar-refractivity contribution in [3.63, 3.8) is 0 Å². The summed E-state index contributed by atoms with van der Waals surface area (Å²) in [6.45, 7) is 1.73. The highest BCUT2D eigenvalue weighted by molar-refractivity contribution is 6.30. The predicted octanol–water partition coefficient (Wildman–Crippen LogP) is 4.28. The van der Waals surface area contributed by atoms with E-state index in [1.807, 2.05) is 30.3 Å². The number of halogens is 1. The molecule has 0 saturated carbocycles. The van der Waals surface area contributed by atoms with Gasteiger partial charge in [-0.15, -0.1) is 5.10 Å². The van der Waals surface area contributed by atoms with Crippen LogP contribution in [0.15, 0.2) is 54.6 Å². The third-order valence-corrected chi connectivity index (χ3v) is 3.69. The van der Waals surface area contributed by atoms with Gasteiger partial charge < -0.3 is 10.4 Å². The zero-order valence-electron chi connectivity index (χ0n) is 12.3. The summed E-state index contributed by atoms with van der Waals surface area (Å²) in [4.78, 5) is 11.6. The Hall–Kier alpha value is -2.79. The molecule has 0 atom stereocenters. The Morgan fingerprint density at radius 3 is 2.39 bits per heavy atom. The first-order chi connectivity index (χ1) is 11.1. The summed E-state index contributed by atoms with van der Waals surface area (Å²) in [6, 6.07) is 16.4. The number of carbonyl (C=O) groups is 1. The Balaban J connectivity index is 2.06. The van der Waals surface area contributed by atoms with Crippen LogP contribution in [-0.2, 0) is 0 Å². The molecule has 116 valence electrons. The second kappa shape index (κ2) is 6.14. The fourth-order valence-corrected chi connectivity index (χ4v) is 2.46. The normalized spacial score (nSPS) is 10.5. The van der Waals surface area contributed by atoms with E-state index in [-0.39, 0.29) is 5.56 Å². The zero-order valence-corrected chi connectivity index (χ0v) is 13.1. The van der Waals surface area contributed by atoms with Gasteiger partial charge in [-0.05, 0) is 43.3 Å². The van der Waals surface area contributed by atoms with Gasteiger partial charge in [0.05, 0.1) is 11.4 Å². The van der Waals surface area contributed by atoms with Crippen molar-refractivity contribution in [2.24, 2.45) is 0 Å². The van der Waals surface area contributed by atoms with E-state index < -0.39 is 5.97 Å². The SMILES string of the molecule is Cc1c(C(=O)O)c(Nc2ccc(Cl)cc2)nn1-c1ccccc1. The highest BCUT2D eigenvalue weighted by Gasteiger charge is 2.21. The van der Waals surface area contributed by atoms with Gasteiger partial charge in [-0.25, -0.2) is 9.48 Å². The number of nitrogens with one attached hydrogen (secondary N) is 1. The van der Waals surface area contributed by atoms with Crippen LogP contribution in [0.3, 0.4) is 0 Å². The van der Waals surface area contributed by atoms with Crippen LogP contribution in [0.4, 0.5) is 11.5 Å². The number of rotatable bonds is 4.